The van der Waals surface area contributed by atoms with Gasteiger partial charge in [-0.2, -0.15) is 0 Å². The Bertz CT molecular complexity index is 1310. The third-order valence-corrected chi connectivity index (χ3v) is 7.23. The molecule has 3 N–H and O–H groups in total. The summed E-state index contributed by atoms with van der Waals surface area (Å²) in [6.07, 6.45) is 0. The molecule has 0 aliphatic carbocycles. The largest absolute Gasteiger partial charge is 0.465 e. The van der Waals surface area contributed by atoms with Crippen LogP contribution in [0.5, 0.6) is 0 Å². The van der Waals surface area contributed by atoms with Crippen LogP contribution in [0.1, 0.15) is 23.5 Å². The lowest BCUT2D eigenvalue weighted by molar-refractivity contribution is -0.147. The van der Waals surface area contributed by atoms with Crippen LogP contribution in [0, 0.1) is 18.6 Å². The lowest BCUT2D eigenvalue weighted by Crippen LogP contribution is -2.29. The maximum absolute atomic E-state index is 14.0. The van der Waals surface area contributed by atoms with Gasteiger partial charge in [0.15, 0.2) is 10.1 Å². The molecular formula is C21H19F2N3O5S2. The smallest absolute Gasteiger partial charge is 0.325 e. The first-order valence-electron chi connectivity index (χ1n) is 9.54. The fourth-order valence-corrected chi connectivity index (χ4v) is 5.07. The molecular weight excluding hydrogens is 476 g/mol. The zero-order chi connectivity index (χ0) is 24.3. The van der Waals surface area contributed by atoms with E-state index >= 15 is 0 Å². The second-order valence-corrected chi connectivity index (χ2v) is 9.63. The molecule has 2 aromatic carbocycles. The van der Waals surface area contributed by atoms with E-state index in [9.17, 15) is 26.8 Å². The highest BCUT2D eigenvalue weighted by Gasteiger charge is 2.35. The van der Waals surface area contributed by atoms with Crippen molar-refractivity contribution in [2.75, 3.05) is 11.9 Å². The summed E-state index contributed by atoms with van der Waals surface area (Å²) in [5.41, 5.74) is 0.738. The molecule has 0 fully saturated rings. The molecule has 174 valence electrons. The molecule has 3 aromatic rings. The van der Waals surface area contributed by atoms with Gasteiger partial charge in [0.25, 0.3) is 0 Å². The number of nitrogens with one attached hydrogen (secondary N) is 1. The summed E-state index contributed by atoms with van der Waals surface area (Å²) in [5, 5.41) is 7.60. The molecule has 1 heterocycles. The number of primary sulfonamides is 1. The Hall–Kier alpha value is -3.22. The first-order valence-corrected chi connectivity index (χ1v) is 11.9. The molecule has 12 heteroatoms. The van der Waals surface area contributed by atoms with Gasteiger partial charge in [-0.05, 0) is 49.7 Å². The molecule has 1 atom stereocenters. The lowest BCUT2D eigenvalue weighted by Gasteiger charge is -2.14. The Kier molecular flexibility index (Phi) is 7.20. The number of nitrogens with zero attached hydrogens (tertiary/aromatic N) is 1. The van der Waals surface area contributed by atoms with Crippen LogP contribution in [0.15, 0.2) is 46.7 Å². The Labute approximate surface area is 192 Å². The molecule has 0 spiro atoms. The Morgan fingerprint density at radius 1 is 1.18 bits per heavy atom. The Balaban J connectivity index is 1.89. The molecule has 0 saturated heterocycles. The molecule has 3 rings (SSSR count). The van der Waals surface area contributed by atoms with Gasteiger partial charge in [0.05, 0.1) is 12.3 Å². The van der Waals surface area contributed by atoms with E-state index in [1.165, 1.54) is 31.2 Å². The highest BCUT2D eigenvalue weighted by molar-refractivity contribution is 7.91. The molecule has 1 unspecified atom stereocenters. The summed E-state index contributed by atoms with van der Waals surface area (Å²) in [6, 6.07) is 8.90. The van der Waals surface area contributed by atoms with E-state index in [-0.39, 0.29) is 32.8 Å². The van der Waals surface area contributed by atoms with Crippen LogP contribution in [0.2, 0.25) is 0 Å². The van der Waals surface area contributed by atoms with Crippen LogP contribution in [0.25, 0.3) is 11.1 Å². The topological polar surface area (TPSA) is 128 Å². The van der Waals surface area contributed by atoms with Gasteiger partial charge in [-0.3, -0.25) is 9.59 Å². The number of carbonyl (C=O) groups is 2. The van der Waals surface area contributed by atoms with E-state index in [2.05, 4.69) is 10.3 Å². The van der Waals surface area contributed by atoms with E-state index in [1.807, 2.05) is 0 Å². The predicted octanol–water partition coefficient (Wildman–Crippen LogP) is 3.33. The minimum Gasteiger partial charge on any atom is -0.465 e. The number of amides is 1. The van der Waals surface area contributed by atoms with E-state index in [1.54, 1.807) is 6.92 Å². The van der Waals surface area contributed by atoms with Gasteiger partial charge in [-0.25, -0.2) is 27.3 Å². The summed E-state index contributed by atoms with van der Waals surface area (Å²) >= 11 is 0.607. The van der Waals surface area contributed by atoms with Gasteiger partial charge >= 0.3 is 5.97 Å². The third kappa shape index (κ3) is 5.59. The summed E-state index contributed by atoms with van der Waals surface area (Å²) in [4.78, 5) is 29.4. The average Bonchev–Trinajstić information content (AvgIpc) is 3.12. The van der Waals surface area contributed by atoms with Crippen LogP contribution in [0.4, 0.5) is 14.5 Å². The number of nitrogens with two attached hydrogens (primary N) is 1. The molecule has 0 bridgehead atoms. The number of carbonyl (C=O) groups excluding carboxylic acids is 2. The average molecular weight is 496 g/mol. The molecule has 0 aliphatic heterocycles. The van der Waals surface area contributed by atoms with Gasteiger partial charge in [0.1, 0.15) is 16.6 Å². The number of hydrogen-bond donors (Lipinski definition) is 2. The number of halogens is 2. The molecule has 0 saturated carbocycles. The third-order valence-electron chi connectivity index (χ3n) is 4.45. The quantitative estimate of drug-likeness (QED) is 0.382. The number of sulfonamides is 1. The summed E-state index contributed by atoms with van der Waals surface area (Å²) < 4.78 is 55.6. The zero-order valence-electron chi connectivity index (χ0n) is 17.5. The second-order valence-electron chi connectivity index (χ2n) is 6.85. The van der Waals surface area contributed by atoms with Crippen molar-refractivity contribution < 1.29 is 31.5 Å². The number of hydrogen-bond acceptors (Lipinski definition) is 7. The summed E-state index contributed by atoms with van der Waals surface area (Å²) in [7, 11) is -4.09. The number of thiazole rings is 1. The molecule has 8 nitrogen and oxygen atoms in total. The molecule has 1 amide bonds. The van der Waals surface area contributed by atoms with Gasteiger partial charge < -0.3 is 10.1 Å². The van der Waals surface area contributed by atoms with Crippen LogP contribution in [-0.4, -0.2) is 31.9 Å². The number of aryl methyl sites for hydroxylation is 1. The van der Waals surface area contributed by atoms with Crippen molar-refractivity contribution in [1.29, 1.82) is 0 Å². The Morgan fingerprint density at radius 3 is 2.42 bits per heavy atom. The van der Waals surface area contributed by atoms with E-state index in [0.29, 0.717) is 16.9 Å². The maximum atomic E-state index is 14.0. The SMILES string of the molecule is CCOC(=O)C(C(=O)Nc1ccc(-c2cc(F)ccc2F)cc1)c1nc(C)c(S(N)(=O)=O)s1. The van der Waals surface area contributed by atoms with Gasteiger partial charge in [-0.1, -0.05) is 12.1 Å². The van der Waals surface area contributed by atoms with E-state index < -0.39 is 39.5 Å². The number of benzene rings is 2. The minimum atomic E-state index is -4.09. The standard InChI is InChI=1S/C21H19F2N3O5S2/c1-3-31-20(28)17(19-25-11(2)21(32-19)33(24,29)30)18(27)26-14-7-4-12(5-8-14)15-10-13(22)6-9-16(15)23/h4-10,17H,3H2,1-2H3,(H,26,27)(H2,24,29,30). The van der Waals surface area contributed by atoms with Gasteiger partial charge in [-0.15, -0.1) is 11.3 Å². The minimum absolute atomic E-state index is 0.0110. The monoisotopic (exact) mass is 495 g/mol. The second kappa shape index (κ2) is 9.73. The highest BCUT2D eigenvalue weighted by atomic mass is 32.2. The van der Waals surface area contributed by atoms with E-state index in [4.69, 9.17) is 9.88 Å². The summed E-state index contributed by atoms with van der Waals surface area (Å²) in [5.74, 6) is -4.47. The predicted molar refractivity (Wildman–Crippen MR) is 118 cm³/mol. The van der Waals surface area contributed by atoms with Crippen LogP contribution in [0.3, 0.4) is 0 Å². The van der Waals surface area contributed by atoms with Crippen molar-refractivity contribution in [1.82, 2.24) is 4.98 Å². The number of rotatable bonds is 7. The fraction of sp³-hybridized carbons (Fsp3) is 0.190. The van der Waals surface area contributed by atoms with Crippen molar-refractivity contribution in [2.24, 2.45) is 5.14 Å². The van der Waals surface area contributed by atoms with Crippen LogP contribution < -0.4 is 10.5 Å². The van der Waals surface area contributed by atoms with Crippen LogP contribution >= 0.6 is 11.3 Å². The van der Waals surface area contributed by atoms with Crippen molar-refractivity contribution in [3.05, 3.63) is 64.8 Å². The molecule has 0 radical (unpaired) electrons. The van der Waals surface area contributed by atoms with E-state index in [0.717, 1.165) is 18.2 Å². The van der Waals surface area contributed by atoms with Crippen molar-refractivity contribution in [3.63, 3.8) is 0 Å². The maximum Gasteiger partial charge on any atom is 0.325 e. The lowest BCUT2D eigenvalue weighted by atomic mass is 10.0. The van der Waals surface area contributed by atoms with Crippen molar-refractivity contribution in [2.45, 2.75) is 24.0 Å². The number of esters is 1. The number of aromatic nitrogens is 1. The van der Waals surface area contributed by atoms with Crippen LogP contribution in [-0.2, 0) is 24.3 Å². The summed E-state index contributed by atoms with van der Waals surface area (Å²) in [6.45, 7) is 2.94. The molecule has 33 heavy (non-hydrogen) atoms. The van der Waals surface area contributed by atoms with Crippen molar-refractivity contribution >= 4 is 38.9 Å². The fourth-order valence-electron chi connectivity index (χ4n) is 3.00. The Morgan fingerprint density at radius 2 is 1.85 bits per heavy atom. The number of anilines is 1. The normalized spacial score (nSPS) is 12.3. The highest BCUT2D eigenvalue weighted by Crippen LogP contribution is 2.30. The van der Waals surface area contributed by atoms with Gasteiger partial charge in [0, 0.05) is 11.3 Å². The first-order chi connectivity index (χ1) is 15.5. The number of ether oxygens (including phenoxy) is 1. The van der Waals surface area contributed by atoms with Gasteiger partial charge in [0.2, 0.25) is 15.9 Å². The van der Waals surface area contributed by atoms with Crippen molar-refractivity contribution in [3.8, 4) is 11.1 Å². The molecule has 1 aromatic heterocycles. The molecule has 0 aliphatic rings. The zero-order valence-corrected chi connectivity index (χ0v) is 19.1. The first kappa shape index (κ1) is 24.4.